The van der Waals surface area contributed by atoms with Gasteiger partial charge in [0.25, 0.3) is 0 Å². The lowest BCUT2D eigenvalue weighted by Crippen LogP contribution is -2.16. The number of nitrogens with two attached hydrogens (primary N) is 1. The molecule has 4 nitrogen and oxygen atoms in total. The Bertz CT molecular complexity index is 2420. The van der Waals surface area contributed by atoms with Gasteiger partial charge in [-0.25, -0.2) is 4.99 Å². The van der Waals surface area contributed by atoms with E-state index in [1.54, 1.807) is 0 Å². The number of amidine groups is 2. The van der Waals surface area contributed by atoms with Crippen LogP contribution < -0.4 is 5.73 Å². The van der Waals surface area contributed by atoms with Crippen LogP contribution >= 0.6 is 0 Å². The molecule has 1 aromatic heterocycles. The van der Waals surface area contributed by atoms with E-state index in [9.17, 15) is 0 Å². The molecule has 0 saturated carbocycles. The fourth-order valence-corrected chi connectivity index (χ4v) is 6.20. The van der Waals surface area contributed by atoms with E-state index < -0.39 is 0 Å². The van der Waals surface area contributed by atoms with Crippen LogP contribution in [0.4, 0.5) is 0 Å². The summed E-state index contributed by atoms with van der Waals surface area (Å²) in [5.74, 6) is 1.01. The van der Waals surface area contributed by atoms with Gasteiger partial charge in [0.1, 0.15) is 17.0 Å². The van der Waals surface area contributed by atoms with Crippen LogP contribution in [-0.4, -0.2) is 11.7 Å². The average molecular weight is 606 g/mol. The highest BCUT2D eigenvalue weighted by Gasteiger charge is 2.14. The van der Waals surface area contributed by atoms with E-state index in [1.807, 2.05) is 54.6 Å². The summed E-state index contributed by atoms with van der Waals surface area (Å²) in [5, 5.41) is 4.46. The van der Waals surface area contributed by atoms with E-state index in [0.29, 0.717) is 18.2 Å². The van der Waals surface area contributed by atoms with E-state index in [-0.39, 0.29) is 0 Å². The Morgan fingerprint density at radius 3 is 1.96 bits per heavy atom. The van der Waals surface area contributed by atoms with Gasteiger partial charge in [-0.15, -0.1) is 0 Å². The summed E-state index contributed by atoms with van der Waals surface area (Å²) in [7, 11) is 0. The molecule has 1 heterocycles. The first-order chi connectivity index (χ1) is 23.2. The van der Waals surface area contributed by atoms with Crippen molar-refractivity contribution < 1.29 is 4.42 Å². The lowest BCUT2D eigenvalue weighted by Gasteiger charge is -2.11. The van der Waals surface area contributed by atoms with Gasteiger partial charge in [-0.1, -0.05) is 146 Å². The molecule has 0 atom stereocenters. The third-order valence-corrected chi connectivity index (χ3v) is 8.60. The van der Waals surface area contributed by atoms with Crippen molar-refractivity contribution >= 4 is 44.4 Å². The Kier molecular flexibility index (Phi) is 7.37. The van der Waals surface area contributed by atoms with E-state index >= 15 is 0 Å². The van der Waals surface area contributed by atoms with Crippen LogP contribution in [0.2, 0.25) is 0 Å². The molecular formula is C43H31N3O. The van der Waals surface area contributed by atoms with Gasteiger partial charge >= 0.3 is 0 Å². The average Bonchev–Trinajstić information content (AvgIpc) is 3.53. The van der Waals surface area contributed by atoms with Gasteiger partial charge in [-0.3, -0.25) is 4.99 Å². The molecule has 0 bridgehead atoms. The van der Waals surface area contributed by atoms with Crippen LogP contribution in [0.15, 0.2) is 178 Å². The van der Waals surface area contributed by atoms with E-state index in [2.05, 4.69) is 109 Å². The summed E-state index contributed by atoms with van der Waals surface area (Å²) in [4.78, 5) is 9.92. The summed E-state index contributed by atoms with van der Waals surface area (Å²) in [6.07, 6.45) is 0. The first kappa shape index (κ1) is 28.2. The fraction of sp³-hybridized carbons (Fsp3) is 0.0233. The van der Waals surface area contributed by atoms with Crippen LogP contribution in [0.5, 0.6) is 0 Å². The van der Waals surface area contributed by atoms with Crippen LogP contribution in [0.25, 0.3) is 55.0 Å². The zero-order chi connectivity index (χ0) is 31.6. The van der Waals surface area contributed by atoms with Crippen LogP contribution in [-0.2, 0) is 6.54 Å². The second-order valence-electron chi connectivity index (χ2n) is 11.6. The molecule has 8 rings (SSSR count). The summed E-state index contributed by atoms with van der Waals surface area (Å²) < 4.78 is 6.36. The first-order valence-electron chi connectivity index (χ1n) is 15.7. The molecule has 8 aromatic rings. The number of rotatable bonds is 6. The molecule has 0 aliphatic heterocycles. The minimum absolute atomic E-state index is 0.423. The van der Waals surface area contributed by atoms with Crippen molar-refractivity contribution in [3.8, 4) is 22.3 Å². The maximum Gasteiger partial charge on any atom is 0.157 e. The second-order valence-corrected chi connectivity index (χ2v) is 11.6. The highest BCUT2D eigenvalue weighted by Crippen LogP contribution is 2.37. The summed E-state index contributed by atoms with van der Waals surface area (Å²) >= 11 is 0. The van der Waals surface area contributed by atoms with Crippen molar-refractivity contribution in [2.45, 2.75) is 6.54 Å². The second kappa shape index (κ2) is 12.3. The van der Waals surface area contributed by atoms with Crippen molar-refractivity contribution in [3.05, 3.63) is 180 Å². The van der Waals surface area contributed by atoms with Crippen molar-refractivity contribution in [3.63, 3.8) is 0 Å². The van der Waals surface area contributed by atoms with Crippen molar-refractivity contribution in [1.82, 2.24) is 0 Å². The van der Waals surface area contributed by atoms with Crippen molar-refractivity contribution in [1.29, 1.82) is 0 Å². The zero-order valence-corrected chi connectivity index (χ0v) is 25.7. The van der Waals surface area contributed by atoms with Crippen molar-refractivity contribution in [2.24, 2.45) is 15.7 Å². The van der Waals surface area contributed by atoms with Crippen LogP contribution in [0.3, 0.4) is 0 Å². The smallest absolute Gasteiger partial charge is 0.157 e. The van der Waals surface area contributed by atoms with Crippen molar-refractivity contribution in [2.75, 3.05) is 0 Å². The minimum atomic E-state index is 0.423. The molecule has 0 amide bonds. The molecule has 0 unspecified atom stereocenters. The maximum absolute atomic E-state index is 6.55. The van der Waals surface area contributed by atoms with Gasteiger partial charge in [0.2, 0.25) is 0 Å². The number of hydrogen-bond donors (Lipinski definition) is 1. The summed E-state index contributed by atoms with van der Waals surface area (Å²) in [5.41, 5.74) is 15.7. The quantitative estimate of drug-likeness (QED) is 0.151. The lowest BCUT2D eigenvalue weighted by atomic mass is 9.95. The maximum atomic E-state index is 6.55. The number of hydrogen-bond acceptors (Lipinski definition) is 2. The third-order valence-electron chi connectivity index (χ3n) is 8.60. The molecule has 0 aliphatic rings. The van der Waals surface area contributed by atoms with Gasteiger partial charge in [0, 0.05) is 27.3 Å². The highest BCUT2D eigenvalue weighted by molar-refractivity contribution is 6.17. The number of aliphatic imine (C=N–C) groups is 2. The minimum Gasteiger partial charge on any atom is -0.455 e. The molecule has 0 saturated heterocycles. The van der Waals surface area contributed by atoms with E-state index in [0.717, 1.165) is 60.5 Å². The Morgan fingerprint density at radius 1 is 0.511 bits per heavy atom. The van der Waals surface area contributed by atoms with Gasteiger partial charge in [-0.2, -0.15) is 0 Å². The first-order valence-corrected chi connectivity index (χ1v) is 15.7. The summed E-state index contributed by atoms with van der Waals surface area (Å²) in [6.45, 7) is 0.471. The molecule has 224 valence electrons. The van der Waals surface area contributed by atoms with Gasteiger partial charge < -0.3 is 10.2 Å². The standard InChI is InChI=1S/C43H31N3O/c44-42(32-13-5-2-6-14-32)46-43(45-28-29-21-23-31(24-22-29)30-11-3-1-4-12-30)34-16-9-15-33(27-34)35-18-10-19-38-36(35)25-26-39-37-17-7-8-20-40(37)47-41(38)39/h1-27H,28H2,(H2,44,45,46). The Balaban J connectivity index is 1.19. The van der Waals surface area contributed by atoms with Gasteiger partial charge in [0.05, 0.1) is 6.54 Å². The van der Waals surface area contributed by atoms with Crippen LogP contribution in [0.1, 0.15) is 16.7 Å². The molecule has 2 N–H and O–H groups in total. The highest BCUT2D eigenvalue weighted by atomic mass is 16.3. The predicted octanol–water partition coefficient (Wildman–Crippen LogP) is 10.4. The van der Waals surface area contributed by atoms with Crippen LogP contribution in [0, 0.1) is 0 Å². The molecule has 0 fully saturated rings. The number of furan rings is 1. The fourth-order valence-electron chi connectivity index (χ4n) is 6.20. The molecule has 47 heavy (non-hydrogen) atoms. The van der Waals surface area contributed by atoms with Gasteiger partial charge in [-0.05, 0) is 51.4 Å². The number of fused-ring (bicyclic) bond motifs is 5. The van der Waals surface area contributed by atoms with E-state index in [4.69, 9.17) is 20.1 Å². The largest absolute Gasteiger partial charge is 0.455 e. The zero-order valence-electron chi connectivity index (χ0n) is 25.7. The molecule has 0 aliphatic carbocycles. The van der Waals surface area contributed by atoms with Gasteiger partial charge in [0.15, 0.2) is 5.84 Å². The SMILES string of the molecule is NC(=NC(=NCc1ccc(-c2ccccc2)cc1)c1cccc(-c2cccc3c2ccc2c4ccccc4oc32)c1)c1ccccc1. The lowest BCUT2D eigenvalue weighted by molar-refractivity contribution is 0.672. The Labute approximate surface area is 273 Å². The molecule has 0 spiro atoms. The number of benzene rings is 7. The summed E-state index contributed by atoms with van der Waals surface area (Å²) in [6, 6.07) is 56.1. The predicted molar refractivity (Wildman–Crippen MR) is 196 cm³/mol. The molecule has 4 heteroatoms. The molecule has 7 aromatic carbocycles. The third kappa shape index (κ3) is 5.58. The van der Waals surface area contributed by atoms with E-state index in [1.165, 1.54) is 11.1 Å². The normalized spacial score (nSPS) is 12.3. The topological polar surface area (TPSA) is 63.9 Å². The molecule has 0 radical (unpaired) electrons. The number of para-hydroxylation sites is 1. The Morgan fingerprint density at radius 2 is 1.13 bits per heavy atom. The number of nitrogens with zero attached hydrogens (tertiary/aromatic N) is 2. The molecular weight excluding hydrogens is 574 g/mol. The monoisotopic (exact) mass is 605 g/mol. The Hall–Kier alpha value is -6.26.